The Morgan fingerprint density at radius 3 is 2.44 bits per heavy atom. The first-order valence-corrected chi connectivity index (χ1v) is 16.1. The summed E-state index contributed by atoms with van der Waals surface area (Å²) in [6.45, 7) is 4.47. The Bertz CT molecular complexity index is 1770. The summed E-state index contributed by atoms with van der Waals surface area (Å²) >= 11 is 0. The number of aromatic nitrogens is 4. The first-order valence-electron chi connectivity index (χ1n) is 16.1. The fraction of sp³-hybridized carbons (Fsp3) is 0.417. The van der Waals surface area contributed by atoms with Gasteiger partial charge in [-0.05, 0) is 97.8 Å². The molecule has 2 aliphatic rings. The van der Waals surface area contributed by atoms with Crippen LogP contribution in [0.25, 0.3) is 33.1 Å². The number of hydrogen-bond donors (Lipinski definition) is 1. The van der Waals surface area contributed by atoms with Gasteiger partial charge in [0.2, 0.25) is 0 Å². The molecule has 0 aliphatic carbocycles. The molecule has 1 amide bonds. The Balaban J connectivity index is 0.966. The maximum Gasteiger partial charge on any atom is 0.253 e. The number of pyridine rings is 1. The SMILES string of the molecule is COC(OC)C1CCN(C(=O)c2ccc(C3CCN(Cc4cc5c(-c6ccc7[nH]ncc7c6)ccnc5n4C)CC3)cc2)CC1. The highest BCUT2D eigenvalue weighted by molar-refractivity contribution is 5.96. The molecule has 0 spiro atoms. The van der Waals surface area contributed by atoms with Gasteiger partial charge in [0.15, 0.2) is 6.29 Å². The van der Waals surface area contributed by atoms with Crippen LogP contribution in [-0.4, -0.2) is 82.1 Å². The second kappa shape index (κ2) is 12.7. The lowest BCUT2D eigenvalue weighted by Crippen LogP contribution is -2.42. The smallest absolute Gasteiger partial charge is 0.253 e. The zero-order valence-electron chi connectivity index (χ0n) is 26.4. The van der Waals surface area contributed by atoms with Gasteiger partial charge in [0.05, 0.1) is 11.7 Å². The van der Waals surface area contributed by atoms with Crippen molar-refractivity contribution in [3.8, 4) is 11.1 Å². The molecule has 0 saturated carbocycles. The van der Waals surface area contributed by atoms with Crippen molar-refractivity contribution in [3.05, 3.63) is 83.8 Å². The van der Waals surface area contributed by atoms with Gasteiger partial charge in [0.1, 0.15) is 5.65 Å². The third-order valence-electron chi connectivity index (χ3n) is 10.1. The molecule has 0 bridgehead atoms. The quantitative estimate of drug-likeness (QED) is 0.219. The van der Waals surface area contributed by atoms with Gasteiger partial charge in [-0.3, -0.25) is 14.8 Å². The number of H-pyrrole nitrogens is 1. The summed E-state index contributed by atoms with van der Waals surface area (Å²) in [5.41, 5.74) is 7.81. The van der Waals surface area contributed by atoms with Crippen LogP contribution in [0.2, 0.25) is 0 Å². The number of likely N-dealkylation sites (tertiary alicyclic amines) is 2. The van der Waals surface area contributed by atoms with Crippen LogP contribution in [0.4, 0.5) is 0 Å². The van der Waals surface area contributed by atoms with E-state index in [2.05, 4.69) is 69.2 Å². The van der Waals surface area contributed by atoms with Crippen LogP contribution in [0.3, 0.4) is 0 Å². The minimum absolute atomic E-state index is 0.121. The van der Waals surface area contributed by atoms with Gasteiger partial charge >= 0.3 is 0 Å². The Kier molecular flexibility index (Phi) is 8.40. The maximum absolute atomic E-state index is 13.2. The van der Waals surface area contributed by atoms with Crippen molar-refractivity contribution in [2.75, 3.05) is 40.4 Å². The summed E-state index contributed by atoms with van der Waals surface area (Å²) in [5, 5.41) is 9.51. The summed E-state index contributed by atoms with van der Waals surface area (Å²) < 4.78 is 13.1. The first-order chi connectivity index (χ1) is 22.0. The molecule has 7 rings (SSSR count). The monoisotopic (exact) mass is 606 g/mol. The fourth-order valence-corrected chi connectivity index (χ4v) is 7.37. The van der Waals surface area contributed by atoms with Gasteiger partial charge in [0.25, 0.3) is 5.91 Å². The van der Waals surface area contributed by atoms with E-state index in [1.807, 2.05) is 29.4 Å². The van der Waals surface area contributed by atoms with E-state index in [-0.39, 0.29) is 12.2 Å². The molecule has 9 heteroatoms. The number of hydrogen-bond acceptors (Lipinski definition) is 6. The van der Waals surface area contributed by atoms with Crippen molar-refractivity contribution < 1.29 is 14.3 Å². The number of carbonyl (C=O) groups is 1. The van der Waals surface area contributed by atoms with E-state index in [9.17, 15) is 4.79 Å². The molecule has 0 radical (unpaired) electrons. The average molecular weight is 607 g/mol. The molecule has 0 unspecified atom stereocenters. The number of benzene rings is 2. The standard InChI is InChI=1S/C36H42N6O3/c1-40-30(21-32-31(10-15-37-34(32)40)28-8-9-33-29(20-28)22-38-39-33)23-41-16-11-25(12-17-41)24-4-6-26(7-5-24)35(43)42-18-13-27(14-19-42)36(44-2)45-3/h4-10,15,20-22,25,27,36H,11-14,16-19,23H2,1-3H3,(H,38,39). The van der Waals surface area contributed by atoms with Crippen LogP contribution in [0, 0.1) is 5.92 Å². The molecule has 2 aliphatic heterocycles. The van der Waals surface area contributed by atoms with Crippen LogP contribution < -0.4 is 0 Å². The van der Waals surface area contributed by atoms with Crippen molar-refractivity contribution in [1.29, 1.82) is 0 Å². The molecule has 1 N–H and O–H groups in total. The molecule has 5 heterocycles. The van der Waals surface area contributed by atoms with E-state index in [1.165, 1.54) is 27.8 Å². The molecular formula is C36H42N6O3. The second-order valence-electron chi connectivity index (χ2n) is 12.6. The number of aromatic amines is 1. The molecular weight excluding hydrogens is 564 g/mol. The molecule has 2 aromatic carbocycles. The first kappa shape index (κ1) is 29.6. The number of nitrogens with one attached hydrogen (secondary N) is 1. The van der Waals surface area contributed by atoms with E-state index >= 15 is 0 Å². The number of fused-ring (bicyclic) bond motifs is 2. The van der Waals surface area contributed by atoms with Gasteiger partial charge in [-0.25, -0.2) is 4.98 Å². The largest absolute Gasteiger partial charge is 0.356 e. The number of nitrogens with zero attached hydrogens (tertiary/aromatic N) is 5. The third-order valence-corrected chi connectivity index (χ3v) is 10.1. The number of rotatable bonds is 8. The lowest BCUT2D eigenvalue weighted by atomic mass is 9.88. The lowest BCUT2D eigenvalue weighted by molar-refractivity contribution is -0.145. The minimum Gasteiger partial charge on any atom is -0.356 e. The van der Waals surface area contributed by atoms with Gasteiger partial charge < -0.3 is 18.9 Å². The van der Waals surface area contributed by atoms with Crippen molar-refractivity contribution in [3.63, 3.8) is 0 Å². The van der Waals surface area contributed by atoms with Crippen molar-refractivity contribution in [2.45, 2.75) is 44.4 Å². The average Bonchev–Trinajstić information content (AvgIpc) is 3.69. The number of amides is 1. The number of piperidine rings is 2. The molecule has 2 saturated heterocycles. The van der Waals surface area contributed by atoms with E-state index < -0.39 is 0 Å². The molecule has 45 heavy (non-hydrogen) atoms. The Morgan fingerprint density at radius 2 is 1.71 bits per heavy atom. The number of methoxy groups -OCH3 is 2. The fourth-order valence-electron chi connectivity index (χ4n) is 7.37. The maximum atomic E-state index is 13.2. The minimum atomic E-state index is -0.195. The molecule has 0 atom stereocenters. The van der Waals surface area contributed by atoms with Gasteiger partial charge in [-0.15, -0.1) is 0 Å². The molecule has 3 aromatic heterocycles. The van der Waals surface area contributed by atoms with E-state index in [4.69, 9.17) is 14.5 Å². The van der Waals surface area contributed by atoms with Gasteiger partial charge in [0, 0.05) is 75.0 Å². The summed E-state index contributed by atoms with van der Waals surface area (Å²) in [4.78, 5) is 22.5. The summed E-state index contributed by atoms with van der Waals surface area (Å²) in [6.07, 6.45) is 7.60. The number of carbonyl (C=O) groups excluding carboxylic acids is 1. The van der Waals surface area contributed by atoms with E-state index in [1.54, 1.807) is 14.2 Å². The van der Waals surface area contributed by atoms with Crippen LogP contribution >= 0.6 is 0 Å². The van der Waals surface area contributed by atoms with Gasteiger partial charge in [-0.1, -0.05) is 18.2 Å². The number of aryl methyl sites for hydroxylation is 1. The summed E-state index contributed by atoms with van der Waals surface area (Å²) in [7, 11) is 5.49. The van der Waals surface area contributed by atoms with Crippen LogP contribution in [0.1, 0.15) is 53.2 Å². The van der Waals surface area contributed by atoms with E-state index in [0.29, 0.717) is 11.8 Å². The Labute approximate surface area is 264 Å². The number of ether oxygens (including phenoxy) is 2. The Hall–Kier alpha value is -4.05. The molecule has 5 aromatic rings. The van der Waals surface area contributed by atoms with Crippen LogP contribution in [0.15, 0.2) is 67.0 Å². The normalized spacial score (nSPS) is 17.2. The van der Waals surface area contributed by atoms with Crippen molar-refractivity contribution in [2.24, 2.45) is 13.0 Å². The van der Waals surface area contributed by atoms with Gasteiger partial charge in [-0.2, -0.15) is 5.10 Å². The topological polar surface area (TPSA) is 88.5 Å². The summed E-state index contributed by atoms with van der Waals surface area (Å²) in [5.74, 6) is 0.964. The highest BCUT2D eigenvalue weighted by atomic mass is 16.7. The second-order valence-corrected chi connectivity index (χ2v) is 12.6. The van der Waals surface area contributed by atoms with Crippen LogP contribution in [-0.2, 0) is 23.1 Å². The zero-order chi connectivity index (χ0) is 30.9. The lowest BCUT2D eigenvalue weighted by Gasteiger charge is -2.35. The zero-order valence-corrected chi connectivity index (χ0v) is 26.4. The van der Waals surface area contributed by atoms with Crippen LogP contribution in [0.5, 0.6) is 0 Å². The third kappa shape index (κ3) is 5.88. The molecule has 234 valence electrons. The predicted molar refractivity (Wildman–Crippen MR) is 176 cm³/mol. The summed E-state index contributed by atoms with van der Waals surface area (Å²) in [6, 6.07) is 19.2. The van der Waals surface area contributed by atoms with Crippen molar-refractivity contribution >= 4 is 27.8 Å². The molecule has 9 nitrogen and oxygen atoms in total. The van der Waals surface area contributed by atoms with E-state index in [0.717, 1.165) is 80.5 Å². The van der Waals surface area contributed by atoms with Crippen molar-refractivity contribution in [1.82, 2.24) is 29.5 Å². The Morgan fingerprint density at radius 1 is 0.956 bits per heavy atom. The highest BCUT2D eigenvalue weighted by Crippen LogP contribution is 2.33. The molecule has 2 fully saturated rings. The highest BCUT2D eigenvalue weighted by Gasteiger charge is 2.29. The predicted octanol–water partition coefficient (Wildman–Crippen LogP) is 5.97.